The Bertz CT molecular complexity index is 715. The Morgan fingerprint density at radius 2 is 2.00 bits per heavy atom. The Morgan fingerprint density at radius 3 is 2.65 bits per heavy atom. The molecule has 0 spiro atoms. The van der Waals surface area contributed by atoms with Crippen LogP contribution < -0.4 is 0 Å². The lowest BCUT2D eigenvalue weighted by Gasteiger charge is -2.14. The minimum Gasteiger partial charge on any atom is -0.481 e. The molecule has 1 amide bonds. The third-order valence-corrected chi connectivity index (χ3v) is 4.04. The minimum atomic E-state index is -0.863. The average Bonchev–Trinajstić information content (AvgIpc) is 3.15. The monoisotopic (exact) mass is 315 g/mol. The van der Waals surface area contributed by atoms with E-state index in [-0.39, 0.29) is 24.9 Å². The summed E-state index contributed by atoms with van der Waals surface area (Å²) in [5.41, 5.74) is 0.826. The number of carboxylic acids is 1. The van der Waals surface area contributed by atoms with Crippen LogP contribution in [0.15, 0.2) is 30.3 Å². The van der Waals surface area contributed by atoms with Crippen molar-refractivity contribution in [3.05, 3.63) is 30.3 Å². The number of hydrogen-bond donors (Lipinski definition) is 1. The Balaban J connectivity index is 1.65. The highest BCUT2D eigenvalue weighted by Crippen LogP contribution is 2.23. The molecule has 2 aromatic rings. The third kappa shape index (κ3) is 3.20. The van der Waals surface area contributed by atoms with E-state index in [2.05, 4.69) is 15.4 Å². The molecule has 1 aliphatic rings. The second kappa shape index (κ2) is 6.15. The van der Waals surface area contributed by atoms with Crippen LogP contribution in [0.5, 0.6) is 0 Å². The van der Waals surface area contributed by atoms with E-state index in [1.165, 1.54) is 4.80 Å². The molecular weight excluding hydrogens is 298 g/mol. The molecule has 3 rings (SSSR count). The van der Waals surface area contributed by atoms with E-state index in [4.69, 9.17) is 5.11 Å². The third-order valence-electron chi connectivity index (χ3n) is 4.04. The lowest BCUT2D eigenvalue weighted by Crippen LogP contribution is -2.33. The maximum absolute atomic E-state index is 12.3. The smallest absolute Gasteiger partial charge is 0.308 e. The van der Waals surface area contributed by atoms with Crippen LogP contribution in [-0.2, 0) is 16.1 Å². The van der Waals surface area contributed by atoms with E-state index < -0.39 is 11.9 Å². The Hall–Kier alpha value is -2.77. The molecule has 0 bridgehead atoms. The van der Waals surface area contributed by atoms with Crippen LogP contribution in [0.25, 0.3) is 11.4 Å². The number of aromatic nitrogens is 4. The Morgan fingerprint density at radius 1 is 1.26 bits per heavy atom. The Labute approximate surface area is 132 Å². The summed E-state index contributed by atoms with van der Waals surface area (Å²) in [6.07, 6.45) is 0. The fraction of sp³-hybridized carbons (Fsp3) is 0.400. The first-order chi connectivity index (χ1) is 11.0. The van der Waals surface area contributed by atoms with E-state index >= 15 is 0 Å². The highest BCUT2D eigenvalue weighted by atomic mass is 16.4. The number of hydrogen-bond acceptors (Lipinski definition) is 5. The molecule has 1 N–H and O–H groups in total. The van der Waals surface area contributed by atoms with E-state index in [0.717, 1.165) is 5.56 Å². The highest BCUT2D eigenvalue weighted by molar-refractivity contribution is 5.78. The van der Waals surface area contributed by atoms with Crippen molar-refractivity contribution in [3.63, 3.8) is 0 Å². The van der Waals surface area contributed by atoms with Crippen molar-refractivity contribution in [2.45, 2.75) is 13.5 Å². The zero-order chi connectivity index (χ0) is 16.4. The standard InChI is InChI=1S/C15H17N5O3/c1-10-7-19(8-12(10)15(22)23)13(21)9-20-17-14(16-18-20)11-5-3-2-4-6-11/h2-6,10,12H,7-9H2,1H3,(H,22,23)/t10-,12-/m1/s1. The molecule has 8 heteroatoms. The summed E-state index contributed by atoms with van der Waals surface area (Å²) < 4.78 is 0. The molecule has 2 heterocycles. The number of likely N-dealkylation sites (tertiary alicyclic amines) is 1. The maximum atomic E-state index is 12.3. The van der Waals surface area contributed by atoms with Gasteiger partial charge in [0.2, 0.25) is 11.7 Å². The number of amides is 1. The van der Waals surface area contributed by atoms with Crippen molar-refractivity contribution < 1.29 is 14.7 Å². The summed E-state index contributed by atoms with van der Waals surface area (Å²) in [6, 6.07) is 9.37. The van der Waals surface area contributed by atoms with Crippen LogP contribution in [0, 0.1) is 11.8 Å². The van der Waals surface area contributed by atoms with E-state index in [0.29, 0.717) is 12.4 Å². The summed E-state index contributed by atoms with van der Waals surface area (Å²) in [7, 11) is 0. The molecule has 1 aromatic carbocycles. The minimum absolute atomic E-state index is 0.0428. The number of nitrogens with zero attached hydrogens (tertiary/aromatic N) is 5. The molecule has 23 heavy (non-hydrogen) atoms. The number of carbonyl (C=O) groups is 2. The van der Waals surface area contributed by atoms with Gasteiger partial charge in [-0.2, -0.15) is 4.80 Å². The first-order valence-electron chi connectivity index (χ1n) is 7.38. The van der Waals surface area contributed by atoms with Gasteiger partial charge in [0, 0.05) is 18.7 Å². The van der Waals surface area contributed by atoms with Crippen LogP contribution in [0.4, 0.5) is 0 Å². The van der Waals surface area contributed by atoms with Gasteiger partial charge in [-0.05, 0) is 11.1 Å². The average molecular weight is 315 g/mol. The second-order valence-electron chi connectivity index (χ2n) is 5.73. The molecule has 0 aliphatic carbocycles. The fourth-order valence-corrected chi connectivity index (χ4v) is 2.73. The zero-order valence-corrected chi connectivity index (χ0v) is 12.7. The lowest BCUT2D eigenvalue weighted by atomic mass is 9.99. The van der Waals surface area contributed by atoms with Crippen molar-refractivity contribution in [1.82, 2.24) is 25.1 Å². The van der Waals surface area contributed by atoms with Crippen molar-refractivity contribution in [1.29, 1.82) is 0 Å². The van der Waals surface area contributed by atoms with Gasteiger partial charge in [0.05, 0.1) is 5.92 Å². The lowest BCUT2D eigenvalue weighted by molar-refractivity contribution is -0.142. The molecule has 1 saturated heterocycles. The molecule has 8 nitrogen and oxygen atoms in total. The molecular formula is C15H17N5O3. The van der Waals surface area contributed by atoms with Crippen molar-refractivity contribution in [3.8, 4) is 11.4 Å². The van der Waals surface area contributed by atoms with E-state index in [9.17, 15) is 9.59 Å². The zero-order valence-electron chi connectivity index (χ0n) is 12.7. The maximum Gasteiger partial charge on any atom is 0.308 e. The Kier molecular flexibility index (Phi) is 4.05. The molecule has 120 valence electrons. The topological polar surface area (TPSA) is 101 Å². The van der Waals surface area contributed by atoms with Crippen molar-refractivity contribution in [2.24, 2.45) is 11.8 Å². The number of carboxylic acid groups (broad SMARTS) is 1. The van der Waals surface area contributed by atoms with E-state index in [1.54, 1.807) is 4.90 Å². The normalized spacial score (nSPS) is 20.7. The van der Waals surface area contributed by atoms with Gasteiger partial charge < -0.3 is 10.0 Å². The summed E-state index contributed by atoms with van der Waals surface area (Å²) >= 11 is 0. The fourth-order valence-electron chi connectivity index (χ4n) is 2.73. The second-order valence-corrected chi connectivity index (χ2v) is 5.73. The first kappa shape index (κ1) is 15.1. The molecule has 1 aliphatic heterocycles. The van der Waals surface area contributed by atoms with Crippen molar-refractivity contribution in [2.75, 3.05) is 13.1 Å². The summed E-state index contributed by atoms with van der Waals surface area (Å²) in [4.78, 5) is 26.2. The number of tetrazole rings is 1. The molecule has 1 fully saturated rings. The number of carbonyl (C=O) groups excluding carboxylic acids is 1. The quantitative estimate of drug-likeness (QED) is 0.882. The SMILES string of the molecule is C[C@@H]1CN(C(=O)Cn2nnc(-c3ccccc3)n2)C[C@H]1C(=O)O. The summed E-state index contributed by atoms with van der Waals surface area (Å²) in [5.74, 6) is -1.17. The summed E-state index contributed by atoms with van der Waals surface area (Å²) in [6.45, 7) is 2.47. The van der Waals surface area contributed by atoms with Crippen LogP contribution in [-0.4, -0.2) is 55.2 Å². The predicted octanol–water partition coefficient (Wildman–Crippen LogP) is 0.519. The predicted molar refractivity (Wildman–Crippen MR) is 80.1 cm³/mol. The van der Waals surface area contributed by atoms with Gasteiger partial charge in [-0.1, -0.05) is 37.3 Å². The highest BCUT2D eigenvalue weighted by Gasteiger charge is 2.37. The van der Waals surface area contributed by atoms with Gasteiger partial charge in [-0.15, -0.1) is 10.2 Å². The molecule has 0 unspecified atom stereocenters. The molecule has 1 aromatic heterocycles. The summed E-state index contributed by atoms with van der Waals surface area (Å²) in [5, 5.41) is 21.2. The van der Waals surface area contributed by atoms with Crippen LogP contribution in [0.1, 0.15) is 6.92 Å². The largest absolute Gasteiger partial charge is 0.481 e. The van der Waals surface area contributed by atoms with Crippen LogP contribution in [0.2, 0.25) is 0 Å². The molecule has 2 atom stereocenters. The van der Waals surface area contributed by atoms with Gasteiger partial charge in [-0.25, -0.2) is 0 Å². The number of rotatable bonds is 4. The molecule has 0 saturated carbocycles. The van der Waals surface area contributed by atoms with Gasteiger partial charge in [0.15, 0.2) is 0 Å². The number of benzene rings is 1. The van der Waals surface area contributed by atoms with E-state index in [1.807, 2.05) is 37.3 Å². The van der Waals surface area contributed by atoms with Gasteiger partial charge in [0.25, 0.3) is 0 Å². The number of aliphatic carboxylic acids is 1. The molecule has 0 radical (unpaired) electrons. The van der Waals surface area contributed by atoms with Crippen molar-refractivity contribution >= 4 is 11.9 Å². The van der Waals surface area contributed by atoms with Gasteiger partial charge in [0.1, 0.15) is 6.54 Å². The van der Waals surface area contributed by atoms with Crippen LogP contribution >= 0.6 is 0 Å². The first-order valence-corrected chi connectivity index (χ1v) is 7.38. The van der Waals surface area contributed by atoms with Crippen LogP contribution in [0.3, 0.4) is 0 Å². The van der Waals surface area contributed by atoms with Gasteiger partial charge in [-0.3, -0.25) is 9.59 Å². The van der Waals surface area contributed by atoms with Gasteiger partial charge >= 0.3 is 5.97 Å².